The van der Waals surface area contributed by atoms with Crippen molar-refractivity contribution < 1.29 is 4.79 Å². The highest BCUT2D eigenvalue weighted by molar-refractivity contribution is 7.15. The molecule has 1 aromatic carbocycles. The molecule has 0 unspecified atom stereocenters. The summed E-state index contributed by atoms with van der Waals surface area (Å²) in [7, 11) is 0. The number of aromatic nitrogens is 1. The predicted molar refractivity (Wildman–Crippen MR) is 127 cm³/mol. The van der Waals surface area contributed by atoms with Gasteiger partial charge in [-0.2, -0.15) is 0 Å². The highest BCUT2D eigenvalue weighted by atomic mass is 32.1. The van der Waals surface area contributed by atoms with E-state index in [2.05, 4.69) is 63.5 Å². The number of fused-ring (bicyclic) bond motifs is 5. The van der Waals surface area contributed by atoms with E-state index in [9.17, 15) is 4.79 Å². The largest absolute Gasteiger partial charge is 0.325 e. The second kappa shape index (κ2) is 7.81. The van der Waals surface area contributed by atoms with E-state index < -0.39 is 0 Å². The molecule has 0 bridgehead atoms. The Balaban J connectivity index is 1.52. The number of thiophene rings is 2. The molecule has 4 heterocycles. The van der Waals surface area contributed by atoms with Gasteiger partial charge in [-0.1, -0.05) is 36.4 Å². The molecule has 4 aromatic rings. The van der Waals surface area contributed by atoms with Gasteiger partial charge in [-0.15, -0.1) is 22.7 Å². The maximum atomic E-state index is 13.8. The van der Waals surface area contributed by atoms with Crippen molar-refractivity contribution in [1.82, 2.24) is 9.47 Å². The number of carbonyl (C=O) groups excluding carboxylic acids is 1. The lowest BCUT2D eigenvalue weighted by molar-refractivity contribution is -0.132. The number of hydrogen-bond acceptors (Lipinski definition) is 3. The highest BCUT2D eigenvalue weighted by Crippen LogP contribution is 2.44. The summed E-state index contributed by atoms with van der Waals surface area (Å²) in [5.41, 5.74) is 5.23. The molecule has 0 saturated carbocycles. The van der Waals surface area contributed by atoms with E-state index in [4.69, 9.17) is 0 Å². The minimum Gasteiger partial charge on any atom is -0.325 e. The Bertz CT molecular complexity index is 1220. The fourth-order valence-electron chi connectivity index (χ4n) is 5.08. The molecular weight excluding hydrogens is 420 g/mol. The second-order valence-electron chi connectivity index (χ2n) is 8.39. The zero-order valence-corrected chi connectivity index (χ0v) is 18.9. The molecule has 1 atom stereocenters. The smallest absolute Gasteiger partial charge is 0.228 e. The van der Waals surface area contributed by atoms with E-state index in [0.29, 0.717) is 13.0 Å². The Kier molecular flexibility index (Phi) is 4.81. The fourth-order valence-corrected chi connectivity index (χ4v) is 7.18. The molecule has 0 N–H and O–H groups in total. The average Bonchev–Trinajstić information content (AvgIpc) is 3.53. The Morgan fingerprint density at radius 1 is 0.968 bits per heavy atom. The molecule has 6 rings (SSSR count). The molecule has 5 heteroatoms. The summed E-state index contributed by atoms with van der Waals surface area (Å²) in [6.45, 7) is 0.687. The maximum absolute atomic E-state index is 13.8. The van der Waals surface area contributed by atoms with E-state index in [1.54, 1.807) is 11.3 Å². The minimum absolute atomic E-state index is 0.0810. The topological polar surface area (TPSA) is 25.2 Å². The standard InChI is InChI=1S/C26H24N2OS2/c29-24(16-19-10-7-15-30-19)28-17-21-20-11-4-5-13-23(20)31-26(21)27-14-6-12-22(27)25(28)18-8-2-1-3-9-18/h1-3,6-10,12,14-15,25H,4-5,11,13,16-17H2/t25-/m1/s1. The van der Waals surface area contributed by atoms with Gasteiger partial charge in [0.05, 0.1) is 18.2 Å². The SMILES string of the molecule is O=C(Cc1cccs1)N1Cc2c(sc3c2CCCC3)-n2cccc2[C@H]1c1ccccc1. The van der Waals surface area contributed by atoms with Crippen LogP contribution >= 0.6 is 22.7 Å². The number of amides is 1. The monoisotopic (exact) mass is 444 g/mol. The Morgan fingerprint density at radius 3 is 2.68 bits per heavy atom. The van der Waals surface area contributed by atoms with Crippen LogP contribution in [0, 0.1) is 0 Å². The quantitative estimate of drug-likeness (QED) is 0.372. The molecule has 156 valence electrons. The van der Waals surface area contributed by atoms with Gasteiger partial charge in [-0.3, -0.25) is 4.79 Å². The van der Waals surface area contributed by atoms with Crippen LogP contribution in [0.15, 0.2) is 66.2 Å². The second-order valence-corrected chi connectivity index (χ2v) is 10.5. The zero-order valence-electron chi connectivity index (χ0n) is 17.3. The normalized spacial score (nSPS) is 17.5. The van der Waals surface area contributed by atoms with Crippen LogP contribution in [0.2, 0.25) is 0 Å². The third-order valence-corrected chi connectivity index (χ3v) is 8.73. The molecule has 1 aliphatic carbocycles. The lowest BCUT2D eigenvalue weighted by Crippen LogP contribution is -2.36. The molecule has 3 aromatic heterocycles. The van der Waals surface area contributed by atoms with Crippen molar-refractivity contribution >= 4 is 28.6 Å². The van der Waals surface area contributed by atoms with Crippen LogP contribution in [0.5, 0.6) is 0 Å². The van der Waals surface area contributed by atoms with Crippen molar-refractivity contribution in [3.8, 4) is 5.00 Å². The molecule has 1 aliphatic heterocycles. The van der Waals surface area contributed by atoms with Crippen LogP contribution in [0.1, 0.15) is 51.0 Å². The molecule has 2 aliphatic rings. The average molecular weight is 445 g/mol. The van der Waals surface area contributed by atoms with Crippen molar-refractivity contribution in [1.29, 1.82) is 0 Å². The lowest BCUT2D eigenvalue weighted by Gasteiger charge is -2.31. The van der Waals surface area contributed by atoms with Crippen LogP contribution in [-0.4, -0.2) is 15.4 Å². The summed E-state index contributed by atoms with van der Waals surface area (Å²) < 4.78 is 2.36. The lowest BCUT2D eigenvalue weighted by atomic mass is 9.95. The Hall–Kier alpha value is -2.63. The van der Waals surface area contributed by atoms with Crippen molar-refractivity contribution in [2.24, 2.45) is 0 Å². The van der Waals surface area contributed by atoms with Crippen molar-refractivity contribution in [2.75, 3.05) is 0 Å². The molecular formula is C26H24N2OS2. The first-order chi connectivity index (χ1) is 15.3. The summed E-state index contributed by atoms with van der Waals surface area (Å²) >= 11 is 3.61. The number of hydrogen-bond donors (Lipinski definition) is 0. The van der Waals surface area contributed by atoms with Crippen LogP contribution in [0.25, 0.3) is 5.00 Å². The summed E-state index contributed by atoms with van der Waals surface area (Å²) in [6.07, 6.45) is 7.48. The Morgan fingerprint density at radius 2 is 1.84 bits per heavy atom. The first-order valence-electron chi connectivity index (χ1n) is 11.0. The van der Waals surface area contributed by atoms with E-state index in [0.717, 1.165) is 11.3 Å². The first-order valence-corrected chi connectivity index (χ1v) is 12.7. The van der Waals surface area contributed by atoms with E-state index in [1.165, 1.54) is 51.5 Å². The van der Waals surface area contributed by atoms with Gasteiger partial charge in [0.2, 0.25) is 5.91 Å². The number of rotatable bonds is 3. The van der Waals surface area contributed by atoms with Crippen molar-refractivity contribution in [3.05, 3.63) is 98.3 Å². The highest BCUT2D eigenvalue weighted by Gasteiger charge is 2.35. The van der Waals surface area contributed by atoms with Gasteiger partial charge in [0.15, 0.2) is 0 Å². The minimum atomic E-state index is -0.0810. The molecule has 31 heavy (non-hydrogen) atoms. The van der Waals surface area contributed by atoms with Crippen LogP contribution in [-0.2, 0) is 30.6 Å². The van der Waals surface area contributed by atoms with E-state index >= 15 is 0 Å². The van der Waals surface area contributed by atoms with Gasteiger partial charge in [0.1, 0.15) is 5.00 Å². The van der Waals surface area contributed by atoms with Crippen LogP contribution in [0.4, 0.5) is 0 Å². The molecule has 3 nitrogen and oxygen atoms in total. The van der Waals surface area contributed by atoms with E-state index in [1.807, 2.05) is 23.5 Å². The molecule has 1 amide bonds. The first kappa shape index (κ1) is 19.1. The molecule has 0 fully saturated rings. The van der Waals surface area contributed by atoms with Crippen molar-refractivity contribution in [2.45, 2.75) is 44.7 Å². The van der Waals surface area contributed by atoms with Crippen molar-refractivity contribution in [3.63, 3.8) is 0 Å². The Labute approximate surface area is 190 Å². The third kappa shape index (κ3) is 3.27. The maximum Gasteiger partial charge on any atom is 0.228 e. The predicted octanol–water partition coefficient (Wildman–Crippen LogP) is 6.15. The number of nitrogens with zero attached hydrogens (tertiary/aromatic N) is 2. The van der Waals surface area contributed by atoms with Gasteiger partial charge in [-0.05, 0) is 60.4 Å². The summed E-state index contributed by atoms with van der Waals surface area (Å²) in [5, 5.41) is 3.37. The van der Waals surface area contributed by atoms with Gasteiger partial charge in [0.25, 0.3) is 0 Å². The summed E-state index contributed by atoms with van der Waals surface area (Å²) in [4.78, 5) is 18.5. The molecule has 0 radical (unpaired) electrons. The van der Waals surface area contributed by atoms with Gasteiger partial charge in [0, 0.05) is 28.1 Å². The fraction of sp³-hybridized carbons (Fsp3) is 0.269. The summed E-state index contributed by atoms with van der Waals surface area (Å²) in [6, 6.07) is 18.8. The van der Waals surface area contributed by atoms with E-state index in [-0.39, 0.29) is 11.9 Å². The molecule has 0 saturated heterocycles. The van der Waals surface area contributed by atoms with Gasteiger partial charge < -0.3 is 9.47 Å². The van der Waals surface area contributed by atoms with Gasteiger partial charge >= 0.3 is 0 Å². The van der Waals surface area contributed by atoms with Gasteiger partial charge in [-0.25, -0.2) is 0 Å². The molecule has 0 spiro atoms. The van der Waals surface area contributed by atoms with Crippen LogP contribution in [0.3, 0.4) is 0 Å². The van der Waals surface area contributed by atoms with Crippen LogP contribution < -0.4 is 0 Å². The summed E-state index contributed by atoms with van der Waals surface area (Å²) in [5.74, 6) is 0.202. The number of aryl methyl sites for hydroxylation is 1. The zero-order chi connectivity index (χ0) is 20.8. The number of carbonyl (C=O) groups is 1. The number of benzene rings is 1. The third-order valence-electron chi connectivity index (χ3n) is 6.52.